The largest absolute Gasteiger partial charge is 0.0837 e. The summed E-state index contributed by atoms with van der Waals surface area (Å²) in [5.74, 6) is 0. The highest BCUT2D eigenvalue weighted by Crippen LogP contribution is 2.21. The Kier molecular flexibility index (Phi) is 3.21. The van der Waals surface area contributed by atoms with Gasteiger partial charge in [-0.2, -0.15) is 0 Å². The first-order valence-electron chi connectivity index (χ1n) is 4.84. The summed E-state index contributed by atoms with van der Waals surface area (Å²) in [5, 5.41) is 0.766. The van der Waals surface area contributed by atoms with Crippen molar-refractivity contribution in [3.8, 4) is 0 Å². The number of rotatable bonds is 2. The van der Waals surface area contributed by atoms with Crippen molar-refractivity contribution in [2.24, 2.45) is 0 Å². The third-order valence-corrected chi connectivity index (χ3v) is 2.47. The first-order valence-corrected chi connectivity index (χ1v) is 5.22. The van der Waals surface area contributed by atoms with Gasteiger partial charge in [-0.3, -0.25) is 0 Å². The molecule has 74 valence electrons. The molecule has 15 heavy (non-hydrogen) atoms. The van der Waals surface area contributed by atoms with Crippen molar-refractivity contribution in [2.75, 3.05) is 0 Å². The van der Waals surface area contributed by atoms with Crippen LogP contribution >= 0.6 is 11.6 Å². The van der Waals surface area contributed by atoms with Crippen molar-refractivity contribution < 1.29 is 0 Å². The van der Waals surface area contributed by atoms with Gasteiger partial charge >= 0.3 is 0 Å². The molecule has 2 rings (SSSR count). The van der Waals surface area contributed by atoms with Gasteiger partial charge in [0.2, 0.25) is 0 Å². The Hall–Kier alpha value is -1.53. The molecule has 0 bridgehead atoms. The molecule has 0 N–H and O–H groups in total. The first-order chi connectivity index (χ1) is 7.36. The Morgan fingerprint density at radius 2 is 1.33 bits per heavy atom. The average Bonchev–Trinajstić information content (AvgIpc) is 2.31. The molecule has 0 unspecified atom stereocenters. The maximum atomic E-state index is 6.20. The van der Waals surface area contributed by atoms with Gasteiger partial charge < -0.3 is 0 Å². The van der Waals surface area contributed by atoms with E-state index < -0.39 is 0 Å². The lowest BCUT2D eigenvalue weighted by atomic mass is 10.1. The second-order valence-electron chi connectivity index (χ2n) is 3.27. The van der Waals surface area contributed by atoms with Gasteiger partial charge in [0.15, 0.2) is 0 Å². The fraction of sp³-hybridized carbons (Fsp3) is 0. The molecular formula is C14H11Cl. The van der Waals surface area contributed by atoms with Crippen LogP contribution in [0.5, 0.6) is 0 Å². The zero-order valence-corrected chi connectivity index (χ0v) is 8.98. The lowest BCUT2D eigenvalue weighted by Gasteiger charge is -1.98. The Bertz CT molecular complexity index is 443. The smallest absolute Gasteiger partial charge is 0.0484 e. The van der Waals surface area contributed by atoms with E-state index >= 15 is 0 Å². The summed E-state index contributed by atoms with van der Waals surface area (Å²) in [5.41, 5.74) is 2.16. The third-order valence-electron chi connectivity index (χ3n) is 2.14. The molecule has 0 saturated carbocycles. The van der Waals surface area contributed by atoms with Gasteiger partial charge in [-0.1, -0.05) is 72.3 Å². The monoisotopic (exact) mass is 214 g/mol. The van der Waals surface area contributed by atoms with E-state index in [1.807, 2.05) is 66.7 Å². The maximum absolute atomic E-state index is 6.20. The molecule has 1 heteroatoms. The van der Waals surface area contributed by atoms with E-state index in [2.05, 4.69) is 0 Å². The van der Waals surface area contributed by atoms with Crippen LogP contribution in [0.4, 0.5) is 0 Å². The number of benzene rings is 2. The standard InChI is InChI=1S/C14H11Cl/c15-14(13-9-5-2-6-10-13)11-12-7-3-1-4-8-12/h1-11H/b14-11+. The quantitative estimate of drug-likeness (QED) is 0.649. The van der Waals surface area contributed by atoms with E-state index in [1.165, 1.54) is 0 Å². The van der Waals surface area contributed by atoms with Crippen molar-refractivity contribution in [3.05, 3.63) is 71.8 Å². The first kappa shape index (κ1) is 10.0. The summed E-state index contributed by atoms with van der Waals surface area (Å²) in [7, 11) is 0. The van der Waals surface area contributed by atoms with E-state index in [4.69, 9.17) is 11.6 Å². The molecule has 0 spiro atoms. The predicted molar refractivity (Wildman–Crippen MR) is 66.6 cm³/mol. The van der Waals surface area contributed by atoms with Gasteiger partial charge in [-0.15, -0.1) is 0 Å². The topological polar surface area (TPSA) is 0 Å². The normalized spacial score (nSPS) is 11.4. The van der Waals surface area contributed by atoms with E-state index in [0.717, 1.165) is 16.2 Å². The Balaban J connectivity index is 2.29. The fourth-order valence-corrected chi connectivity index (χ4v) is 1.63. The molecule has 2 aromatic carbocycles. The van der Waals surface area contributed by atoms with Crippen molar-refractivity contribution in [2.45, 2.75) is 0 Å². The Morgan fingerprint density at radius 3 is 1.93 bits per heavy atom. The minimum absolute atomic E-state index is 0.766. The van der Waals surface area contributed by atoms with E-state index in [9.17, 15) is 0 Å². The molecule has 0 aliphatic carbocycles. The van der Waals surface area contributed by atoms with Gasteiger partial charge in [0.1, 0.15) is 0 Å². The second kappa shape index (κ2) is 4.81. The molecule has 0 amide bonds. The summed E-state index contributed by atoms with van der Waals surface area (Å²) in [6, 6.07) is 20.0. The van der Waals surface area contributed by atoms with Crippen LogP contribution < -0.4 is 0 Å². The highest BCUT2D eigenvalue weighted by molar-refractivity contribution is 6.51. The molecular weight excluding hydrogens is 204 g/mol. The number of halogens is 1. The predicted octanol–water partition coefficient (Wildman–Crippen LogP) is 4.42. The van der Waals surface area contributed by atoms with Crippen LogP contribution in [-0.2, 0) is 0 Å². The van der Waals surface area contributed by atoms with E-state index in [0.29, 0.717) is 0 Å². The van der Waals surface area contributed by atoms with Gasteiger partial charge in [-0.05, 0) is 17.2 Å². The van der Waals surface area contributed by atoms with Crippen molar-refractivity contribution in [3.63, 3.8) is 0 Å². The maximum Gasteiger partial charge on any atom is 0.0484 e. The van der Waals surface area contributed by atoms with Crippen LogP contribution in [0.3, 0.4) is 0 Å². The van der Waals surface area contributed by atoms with Crippen LogP contribution in [0.1, 0.15) is 11.1 Å². The summed E-state index contributed by atoms with van der Waals surface area (Å²) < 4.78 is 0. The van der Waals surface area contributed by atoms with Gasteiger partial charge in [0.05, 0.1) is 0 Å². The molecule has 0 atom stereocenters. The highest BCUT2D eigenvalue weighted by Gasteiger charge is 1.96. The number of hydrogen-bond donors (Lipinski definition) is 0. The van der Waals surface area contributed by atoms with Crippen molar-refractivity contribution in [1.29, 1.82) is 0 Å². The van der Waals surface area contributed by atoms with Gasteiger partial charge in [0.25, 0.3) is 0 Å². The number of hydrogen-bond acceptors (Lipinski definition) is 0. The van der Waals surface area contributed by atoms with E-state index in [-0.39, 0.29) is 0 Å². The SMILES string of the molecule is Cl/C(=C/c1ccccc1)c1ccccc1. The van der Waals surface area contributed by atoms with E-state index in [1.54, 1.807) is 0 Å². The van der Waals surface area contributed by atoms with Crippen LogP contribution in [0.15, 0.2) is 60.7 Å². The lowest BCUT2D eigenvalue weighted by Crippen LogP contribution is -1.76. The molecule has 0 radical (unpaired) electrons. The summed E-state index contributed by atoms with van der Waals surface area (Å²) in [6.45, 7) is 0. The minimum Gasteiger partial charge on any atom is -0.0837 e. The van der Waals surface area contributed by atoms with Crippen LogP contribution in [-0.4, -0.2) is 0 Å². The van der Waals surface area contributed by atoms with Crippen LogP contribution in [0, 0.1) is 0 Å². The summed E-state index contributed by atoms with van der Waals surface area (Å²) >= 11 is 6.20. The Morgan fingerprint density at radius 1 is 0.800 bits per heavy atom. The zero-order chi connectivity index (χ0) is 10.5. The minimum atomic E-state index is 0.766. The van der Waals surface area contributed by atoms with Crippen LogP contribution in [0.2, 0.25) is 0 Å². The summed E-state index contributed by atoms with van der Waals surface area (Å²) in [6.07, 6.45) is 1.97. The molecule has 0 heterocycles. The second-order valence-corrected chi connectivity index (χ2v) is 3.68. The third kappa shape index (κ3) is 2.71. The summed E-state index contributed by atoms with van der Waals surface area (Å²) in [4.78, 5) is 0. The highest BCUT2D eigenvalue weighted by atomic mass is 35.5. The van der Waals surface area contributed by atoms with Crippen LogP contribution in [0.25, 0.3) is 11.1 Å². The molecule has 0 saturated heterocycles. The lowest BCUT2D eigenvalue weighted by molar-refractivity contribution is 1.64. The molecule has 0 nitrogen and oxygen atoms in total. The molecule has 0 aliphatic rings. The van der Waals surface area contributed by atoms with Crippen molar-refractivity contribution in [1.82, 2.24) is 0 Å². The van der Waals surface area contributed by atoms with Gasteiger partial charge in [0, 0.05) is 5.03 Å². The Labute approximate surface area is 94.8 Å². The molecule has 0 fully saturated rings. The fourth-order valence-electron chi connectivity index (χ4n) is 1.38. The molecule has 2 aromatic rings. The van der Waals surface area contributed by atoms with Gasteiger partial charge in [-0.25, -0.2) is 0 Å². The van der Waals surface area contributed by atoms with Crippen molar-refractivity contribution >= 4 is 22.7 Å². The zero-order valence-electron chi connectivity index (χ0n) is 8.23. The molecule has 0 aliphatic heterocycles. The molecule has 0 aromatic heterocycles. The average molecular weight is 215 g/mol.